The number of hydrogen-bond acceptors (Lipinski definition) is 2. The molecular weight excluding hydrogens is 306 g/mol. The molecule has 2 aromatic carbocycles. The summed E-state index contributed by atoms with van der Waals surface area (Å²) in [6.45, 7) is 0. The van der Waals surface area contributed by atoms with Crippen LogP contribution in [0, 0.1) is 5.92 Å². The zero-order chi connectivity index (χ0) is 14.9. The third-order valence-electron chi connectivity index (χ3n) is 3.64. The molecule has 1 aliphatic carbocycles. The number of hydrogen-bond donors (Lipinski definition) is 1. The van der Waals surface area contributed by atoms with Gasteiger partial charge in [-0.25, -0.2) is 13.1 Å². The van der Waals surface area contributed by atoms with Crippen LogP contribution in [0.3, 0.4) is 0 Å². The fraction of sp³-hybridized carbons (Fsp3) is 0.250. The van der Waals surface area contributed by atoms with E-state index in [0.29, 0.717) is 10.9 Å². The zero-order valence-electron chi connectivity index (χ0n) is 11.4. The Bertz CT molecular complexity index is 727. The second-order valence-electron chi connectivity index (χ2n) is 5.30. The van der Waals surface area contributed by atoms with Gasteiger partial charge in [-0.2, -0.15) is 0 Å². The lowest BCUT2D eigenvalue weighted by atomic mass is 10.0. The highest BCUT2D eigenvalue weighted by atomic mass is 35.5. The number of halogens is 1. The first-order valence-electron chi connectivity index (χ1n) is 6.89. The van der Waals surface area contributed by atoms with Gasteiger partial charge in [0.05, 0.1) is 4.90 Å². The van der Waals surface area contributed by atoms with E-state index < -0.39 is 10.0 Å². The standard InChI is InChI=1S/C16H16ClNO2S/c17-14-7-4-8-15(11-14)21(19,20)18-16(13-9-10-13)12-5-2-1-3-6-12/h1-8,11,13,16,18H,9-10H2/t16-/m0/s1. The molecule has 0 radical (unpaired) electrons. The number of rotatable bonds is 5. The van der Waals surface area contributed by atoms with Gasteiger partial charge in [0.2, 0.25) is 10.0 Å². The normalized spacial score (nSPS) is 16.6. The summed E-state index contributed by atoms with van der Waals surface area (Å²) in [4.78, 5) is 0.205. The maximum Gasteiger partial charge on any atom is 0.241 e. The molecule has 0 aromatic heterocycles. The minimum absolute atomic E-state index is 0.171. The summed E-state index contributed by atoms with van der Waals surface area (Å²) < 4.78 is 27.9. The molecule has 0 heterocycles. The third kappa shape index (κ3) is 3.46. The fourth-order valence-corrected chi connectivity index (χ4v) is 3.99. The van der Waals surface area contributed by atoms with Crippen LogP contribution in [0.5, 0.6) is 0 Å². The lowest BCUT2D eigenvalue weighted by Crippen LogP contribution is -2.30. The first-order chi connectivity index (χ1) is 10.1. The molecule has 21 heavy (non-hydrogen) atoms. The highest BCUT2D eigenvalue weighted by Crippen LogP contribution is 2.41. The Kier molecular flexibility index (Phi) is 4.02. The van der Waals surface area contributed by atoms with Crippen LogP contribution in [-0.4, -0.2) is 8.42 Å². The zero-order valence-corrected chi connectivity index (χ0v) is 12.9. The highest BCUT2D eigenvalue weighted by molar-refractivity contribution is 7.89. The van der Waals surface area contributed by atoms with Crippen molar-refractivity contribution in [2.24, 2.45) is 5.92 Å². The van der Waals surface area contributed by atoms with Crippen molar-refractivity contribution in [1.82, 2.24) is 4.72 Å². The van der Waals surface area contributed by atoms with Crippen molar-refractivity contribution in [3.05, 3.63) is 65.2 Å². The van der Waals surface area contributed by atoms with E-state index in [0.717, 1.165) is 18.4 Å². The average molecular weight is 322 g/mol. The van der Waals surface area contributed by atoms with Gasteiger partial charge in [0.25, 0.3) is 0 Å². The molecule has 3 nitrogen and oxygen atoms in total. The molecule has 3 rings (SSSR count). The average Bonchev–Trinajstić information content (AvgIpc) is 3.30. The Balaban J connectivity index is 1.89. The monoisotopic (exact) mass is 321 g/mol. The van der Waals surface area contributed by atoms with Gasteiger partial charge in [0, 0.05) is 11.1 Å². The molecule has 0 bridgehead atoms. The largest absolute Gasteiger partial charge is 0.241 e. The summed E-state index contributed by atoms with van der Waals surface area (Å²) in [5.41, 5.74) is 1.01. The second-order valence-corrected chi connectivity index (χ2v) is 7.45. The van der Waals surface area contributed by atoms with Gasteiger partial charge in [0.1, 0.15) is 0 Å². The van der Waals surface area contributed by atoms with E-state index in [1.165, 1.54) is 6.07 Å². The molecule has 1 fully saturated rings. The Hall–Kier alpha value is -1.36. The van der Waals surface area contributed by atoms with Crippen molar-refractivity contribution in [3.63, 3.8) is 0 Å². The van der Waals surface area contributed by atoms with Crippen molar-refractivity contribution < 1.29 is 8.42 Å². The molecular formula is C16H16ClNO2S. The van der Waals surface area contributed by atoms with Crippen molar-refractivity contribution in [1.29, 1.82) is 0 Å². The third-order valence-corrected chi connectivity index (χ3v) is 5.31. The molecule has 1 atom stereocenters. The molecule has 0 amide bonds. The first-order valence-corrected chi connectivity index (χ1v) is 8.75. The second kappa shape index (κ2) is 5.79. The van der Waals surface area contributed by atoms with Crippen LogP contribution in [0.25, 0.3) is 0 Å². The van der Waals surface area contributed by atoms with Gasteiger partial charge in [-0.1, -0.05) is 48.0 Å². The van der Waals surface area contributed by atoms with Crippen LogP contribution < -0.4 is 4.72 Å². The van der Waals surface area contributed by atoms with Crippen molar-refractivity contribution >= 4 is 21.6 Å². The SMILES string of the molecule is O=S(=O)(N[C@@H](c1ccccc1)C1CC1)c1cccc(Cl)c1. The maximum absolute atomic E-state index is 12.5. The van der Waals surface area contributed by atoms with E-state index in [9.17, 15) is 8.42 Å². The van der Waals surface area contributed by atoms with Crippen molar-refractivity contribution in [3.8, 4) is 0 Å². The Morgan fingerprint density at radius 3 is 2.38 bits per heavy atom. The molecule has 1 N–H and O–H groups in total. The van der Waals surface area contributed by atoms with E-state index in [1.54, 1.807) is 18.2 Å². The summed E-state index contributed by atoms with van der Waals surface area (Å²) in [5, 5.41) is 0.417. The molecule has 1 aliphatic rings. The van der Waals surface area contributed by atoms with Gasteiger partial charge < -0.3 is 0 Å². The fourth-order valence-electron chi connectivity index (χ4n) is 2.40. The van der Waals surface area contributed by atoms with Gasteiger partial charge in [-0.05, 0) is 42.5 Å². The predicted molar refractivity (Wildman–Crippen MR) is 83.7 cm³/mol. The number of sulfonamides is 1. The topological polar surface area (TPSA) is 46.2 Å². The number of benzene rings is 2. The number of nitrogens with one attached hydrogen (secondary N) is 1. The van der Waals surface area contributed by atoms with Crippen molar-refractivity contribution in [2.75, 3.05) is 0 Å². The predicted octanol–water partition coefficient (Wildman–Crippen LogP) is 3.77. The first kappa shape index (κ1) is 14.6. The van der Waals surface area contributed by atoms with E-state index in [-0.39, 0.29) is 10.9 Å². The summed E-state index contributed by atoms with van der Waals surface area (Å²) in [6.07, 6.45) is 2.11. The van der Waals surface area contributed by atoms with Gasteiger partial charge in [-0.15, -0.1) is 0 Å². The molecule has 0 spiro atoms. The molecule has 110 valence electrons. The molecule has 1 saturated carbocycles. The highest BCUT2D eigenvalue weighted by Gasteiger charge is 2.35. The Morgan fingerprint density at radius 2 is 1.76 bits per heavy atom. The van der Waals surface area contributed by atoms with Crippen LogP contribution >= 0.6 is 11.6 Å². The molecule has 0 aliphatic heterocycles. The maximum atomic E-state index is 12.5. The quantitative estimate of drug-likeness (QED) is 0.911. The Labute approximate surface area is 130 Å². The van der Waals surface area contributed by atoms with Crippen LogP contribution in [0.15, 0.2) is 59.5 Å². The molecule has 5 heteroatoms. The van der Waals surface area contributed by atoms with Gasteiger partial charge in [0.15, 0.2) is 0 Å². The summed E-state index contributed by atoms with van der Waals surface area (Å²) in [7, 11) is -3.57. The van der Waals surface area contributed by atoms with Crippen molar-refractivity contribution in [2.45, 2.75) is 23.8 Å². The summed E-state index contributed by atoms with van der Waals surface area (Å²) in [6, 6.07) is 15.9. The summed E-state index contributed by atoms with van der Waals surface area (Å²) in [5.74, 6) is 0.376. The smallest absolute Gasteiger partial charge is 0.207 e. The molecule has 0 saturated heterocycles. The van der Waals surface area contributed by atoms with Gasteiger partial charge in [-0.3, -0.25) is 0 Å². The van der Waals surface area contributed by atoms with Crippen LogP contribution in [0.1, 0.15) is 24.4 Å². The van der Waals surface area contributed by atoms with Crippen LogP contribution in [0.4, 0.5) is 0 Å². The lowest BCUT2D eigenvalue weighted by Gasteiger charge is -2.19. The summed E-state index contributed by atoms with van der Waals surface area (Å²) >= 11 is 5.89. The van der Waals surface area contributed by atoms with E-state index in [4.69, 9.17) is 11.6 Å². The van der Waals surface area contributed by atoms with E-state index >= 15 is 0 Å². The lowest BCUT2D eigenvalue weighted by molar-refractivity contribution is 0.529. The molecule has 2 aromatic rings. The van der Waals surface area contributed by atoms with Gasteiger partial charge >= 0.3 is 0 Å². The van der Waals surface area contributed by atoms with E-state index in [1.807, 2.05) is 30.3 Å². The molecule has 0 unspecified atom stereocenters. The Morgan fingerprint density at radius 1 is 1.05 bits per heavy atom. The van der Waals surface area contributed by atoms with Crippen LogP contribution in [0.2, 0.25) is 5.02 Å². The minimum atomic E-state index is -3.57. The van der Waals surface area contributed by atoms with E-state index in [2.05, 4.69) is 4.72 Å². The van der Waals surface area contributed by atoms with Crippen LogP contribution in [-0.2, 0) is 10.0 Å². The minimum Gasteiger partial charge on any atom is -0.207 e.